The first-order valence-electron chi connectivity index (χ1n) is 4.64. The minimum absolute atomic E-state index is 0.0918. The molecule has 14 heavy (non-hydrogen) atoms. The van der Waals surface area contributed by atoms with Gasteiger partial charge in [-0.25, -0.2) is 0 Å². The SMILES string of the molecule is COC(=O)C1CC(=O)NC12CCOC2. The third-order valence-electron chi connectivity index (χ3n) is 2.98. The van der Waals surface area contributed by atoms with Crippen molar-refractivity contribution in [1.82, 2.24) is 5.32 Å². The van der Waals surface area contributed by atoms with Crippen molar-refractivity contribution in [2.75, 3.05) is 20.3 Å². The molecule has 2 rings (SSSR count). The Morgan fingerprint density at radius 1 is 1.71 bits per heavy atom. The second-order valence-corrected chi connectivity index (χ2v) is 3.79. The van der Waals surface area contributed by atoms with E-state index in [0.29, 0.717) is 19.6 Å². The molecule has 1 spiro atoms. The lowest BCUT2D eigenvalue weighted by Crippen LogP contribution is -2.49. The third kappa shape index (κ3) is 1.28. The van der Waals surface area contributed by atoms with Crippen LogP contribution in [-0.4, -0.2) is 37.7 Å². The van der Waals surface area contributed by atoms with Gasteiger partial charge in [0.1, 0.15) is 0 Å². The Kier molecular flexibility index (Phi) is 2.19. The van der Waals surface area contributed by atoms with E-state index in [2.05, 4.69) is 10.1 Å². The topological polar surface area (TPSA) is 64.6 Å². The van der Waals surface area contributed by atoms with Crippen molar-refractivity contribution in [2.45, 2.75) is 18.4 Å². The van der Waals surface area contributed by atoms with Gasteiger partial charge in [-0.15, -0.1) is 0 Å². The van der Waals surface area contributed by atoms with Crippen LogP contribution in [0.3, 0.4) is 0 Å². The molecule has 0 aromatic carbocycles. The number of nitrogens with one attached hydrogen (secondary N) is 1. The zero-order valence-corrected chi connectivity index (χ0v) is 8.04. The summed E-state index contributed by atoms with van der Waals surface area (Å²) in [6, 6.07) is 0. The predicted octanol–water partition coefficient (Wildman–Crippen LogP) is -0.545. The average Bonchev–Trinajstić information content (AvgIpc) is 2.74. The fourth-order valence-electron chi connectivity index (χ4n) is 2.20. The maximum Gasteiger partial charge on any atom is 0.311 e. The number of hydrogen-bond donors (Lipinski definition) is 1. The molecule has 5 heteroatoms. The summed E-state index contributed by atoms with van der Waals surface area (Å²) in [6.45, 7) is 1.01. The van der Waals surface area contributed by atoms with E-state index in [1.165, 1.54) is 7.11 Å². The summed E-state index contributed by atoms with van der Waals surface area (Å²) in [5.41, 5.74) is -0.496. The Balaban J connectivity index is 2.21. The lowest BCUT2D eigenvalue weighted by molar-refractivity contribution is -0.147. The Morgan fingerprint density at radius 2 is 2.50 bits per heavy atom. The summed E-state index contributed by atoms with van der Waals surface area (Å²) >= 11 is 0. The Labute approximate surface area is 81.7 Å². The number of ether oxygens (including phenoxy) is 2. The first-order chi connectivity index (χ1) is 6.68. The molecule has 2 fully saturated rings. The lowest BCUT2D eigenvalue weighted by atomic mass is 9.85. The average molecular weight is 199 g/mol. The van der Waals surface area contributed by atoms with E-state index in [-0.39, 0.29) is 24.2 Å². The molecule has 2 atom stereocenters. The molecule has 2 heterocycles. The molecule has 0 aromatic rings. The number of esters is 1. The number of rotatable bonds is 1. The van der Waals surface area contributed by atoms with Crippen molar-refractivity contribution in [2.24, 2.45) is 5.92 Å². The first kappa shape index (κ1) is 9.45. The van der Waals surface area contributed by atoms with Gasteiger partial charge in [0.2, 0.25) is 5.91 Å². The van der Waals surface area contributed by atoms with Crippen LogP contribution in [0.15, 0.2) is 0 Å². The molecule has 0 radical (unpaired) electrons. The fraction of sp³-hybridized carbons (Fsp3) is 0.778. The van der Waals surface area contributed by atoms with E-state index in [9.17, 15) is 9.59 Å². The molecular formula is C9H13NO4. The Bertz CT molecular complexity index is 270. The summed E-state index contributed by atoms with van der Waals surface area (Å²) in [6.07, 6.45) is 0.911. The maximum atomic E-state index is 11.5. The van der Waals surface area contributed by atoms with Gasteiger partial charge in [0, 0.05) is 13.0 Å². The van der Waals surface area contributed by atoms with Crippen molar-refractivity contribution in [3.8, 4) is 0 Å². The minimum Gasteiger partial charge on any atom is -0.469 e. The van der Waals surface area contributed by atoms with Gasteiger partial charge in [0.15, 0.2) is 0 Å². The summed E-state index contributed by atoms with van der Waals surface area (Å²) in [7, 11) is 1.34. The van der Waals surface area contributed by atoms with E-state index < -0.39 is 5.54 Å². The number of methoxy groups -OCH3 is 1. The van der Waals surface area contributed by atoms with Gasteiger partial charge < -0.3 is 14.8 Å². The Morgan fingerprint density at radius 3 is 3.07 bits per heavy atom. The Hall–Kier alpha value is -1.10. The van der Waals surface area contributed by atoms with Crippen LogP contribution in [0, 0.1) is 5.92 Å². The number of hydrogen-bond acceptors (Lipinski definition) is 4. The number of amides is 1. The molecule has 2 saturated heterocycles. The van der Waals surface area contributed by atoms with Crippen molar-refractivity contribution in [3.05, 3.63) is 0 Å². The molecule has 5 nitrogen and oxygen atoms in total. The second-order valence-electron chi connectivity index (χ2n) is 3.79. The lowest BCUT2D eigenvalue weighted by Gasteiger charge is -2.26. The molecule has 78 valence electrons. The standard InChI is InChI=1S/C9H13NO4/c1-13-8(12)6-4-7(11)10-9(6)2-3-14-5-9/h6H,2-5H2,1H3,(H,10,11). The van der Waals surface area contributed by atoms with Crippen LogP contribution in [0.1, 0.15) is 12.8 Å². The summed E-state index contributed by atoms with van der Waals surface area (Å²) in [4.78, 5) is 22.7. The molecule has 2 aliphatic rings. The van der Waals surface area contributed by atoms with Gasteiger partial charge in [-0.1, -0.05) is 0 Å². The van der Waals surface area contributed by atoms with Crippen LogP contribution in [0.5, 0.6) is 0 Å². The van der Waals surface area contributed by atoms with Gasteiger partial charge in [0.05, 0.1) is 25.2 Å². The van der Waals surface area contributed by atoms with Crippen molar-refractivity contribution < 1.29 is 19.1 Å². The van der Waals surface area contributed by atoms with Crippen LogP contribution in [0.4, 0.5) is 0 Å². The van der Waals surface area contributed by atoms with Gasteiger partial charge >= 0.3 is 5.97 Å². The molecular weight excluding hydrogens is 186 g/mol. The summed E-state index contributed by atoms with van der Waals surface area (Å²) in [5, 5.41) is 2.83. The molecule has 2 aliphatic heterocycles. The monoisotopic (exact) mass is 199 g/mol. The highest BCUT2D eigenvalue weighted by Crippen LogP contribution is 2.35. The molecule has 0 aliphatic carbocycles. The smallest absolute Gasteiger partial charge is 0.311 e. The van der Waals surface area contributed by atoms with E-state index in [1.807, 2.05) is 0 Å². The van der Waals surface area contributed by atoms with Gasteiger partial charge in [-0.3, -0.25) is 9.59 Å². The highest BCUT2D eigenvalue weighted by molar-refractivity contribution is 5.89. The molecule has 1 N–H and O–H groups in total. The summed E-state index contributed by atoms with van der Waals surface area (Å²) < 4.78 is 9.92. The second kappa shape index (κ2) is 3.24. The number of carbonyl (C=O) groups excluding carboxylic acids is 2. The van der Waals surface area contributed by atoms with Crippen LogP contribution in [-0.2, 0) is 19.1 Å². The number of carbonyl (C=O) groups is 2. The molecule has 0 saturated carbocycles. The maximum absolute atomic E-state index is 11.5. The normalized spacial score (nSPS) is 36.1. The van der Waals surface area contributed by atoms with E-state index in [1.54, 1.807) is 0 Å². The van der Waals surface area contributed by atoms with Gasteiger partial charge in [0.25, 0.3) is 0 Å². The minimum atomic E-state index is -0.496. The van der Waals surface area contributed by atoms with E-state index >= 15 is 0 Å². The van der Waals surface area contributed by atoms with Crippen molar-refractivity contribution in [3.63, 3.8) is 0 Å². The van der Waals surface area contributed by atoms with Crippen LogP contribution in [0.2, 0.25) is 0 Å². The highest BCUT2D eigenvalue weighted by atomic mass is 16.5. The van der Waals surface area contributed by atoms with E-state index in [4.69, 9.17) is 4.74 Å². The quantitative estimate of drug-likeness (QED) is 0.576. The fourth-order valence-corrected chi connectivity index (χ4v) is 2.20. The zero-order chi connectivity index (χ0) is 10.2. The van der Waals surface area contributed by atoms with Crippen molar-refractivity contribution in [1.29, 1.82) is 0 Å². The molecule has 1 amide bonds. The summed E-state index contributed by atoms with van der Waals surface area (Å²) in [5.74, 6) is -0.803. The highest BCUT2D eigenvalue weighted by Gasteiger charge is 2.53. The van der Waals surface area contributed by atoms with Crippen LogP contribution >= 0.6 is 0 Å². The molecule has 0 aromatic heterocycles. The first-order valence-corrected chi connectivity index (χ1v) is 4.64. The van der Waals surface area contributed by atoms with Gasteiger partial charge in [-0.05, 0) is 6.42 Å². The van der Waals surface area contributed by atoms with Gasteiger partial charge in [-0.2, -0.15) is 0 Å². The van der Waals surface area contributed by atoms with Crippen molar-refractivity contribution >= 4 is 11.9 Å². The van der Waals surface area contributed by atoms with E-state index in [0.717, 1.165) is 0 Å². The van der Waals surface area contributed by atoms with Crippen LogP contribution < -0.4 is 5.32 Å². The third-order valence-corrected chi connectivity index (χ3v) is 2.98. The van der Waals surface area contributed by atoms with Crippen LogP contribution in [0.25, 0.3) is 0 Å². The molecule has 2 unspecified atom stereocenters. The predicted molar refractivity (Wildman–Crippen MR) is 46.4 cm³/mol. The zero-order valence-electron chi connectivity index (χ0n) is 8.04. The largest absolute Gasteiger partial charge is 0.469 e. The molecule has 0 bridgehead atoms.